The van der Waals surface area contributed by atoms with Gasteiger partial charge in [-0.15, -0.1) is 22.7 Å². The highest BCUT2D eigenvalue weighted by Crippen LogP contribution is 2.14. The van der Waals surface area contributed by atoms with Gasteiger partial charge in [-0.25, -0.2) is 0 Å². The van der Waals surface area contributed by atoms with Crippen molar-refractivity contribution in [1.29, 1.82) is 5.26 Å². The summed E-state index contributed by atoms with van der Waals surface area (Å²) < 4.78 is 0.821. The zero-order valence-corrected chi connectivity index (χ0v) is 6.20. The lowest BCUT2D eigenvalue weighted by Crippen LogP contribution is -1.49. The van der Waals surface area contributed by atoms with Crippen molar-refractivity contribution in [1.82, 2.24) is 0 Å². The van der Waals surface area contributed by atoms with E-state index in [9.17, 15) is 0 Å². The van der Waals surface area contributed by atoms with E-state index in [-0.39, 0.29) is 0 Å². The topological polar surface area (TPSA) is 23.8 Å². The van der Waals surface area contributed by atoms with Gasteiger partial charge in [0.05, 0.1) is 0 Å². The van der Waals surface area contributed by atoms with E-state index >= 15 is 0 Å². The highest BCUT2D eigenvalue weighted by Gasteiger charge is 1.88. The highest BCUT2D eigenvalue weighted by molar-refractivity contribution is 7.76. The molecule has 0 amide bonds. The van der Waals surface area contributed by atoms with E-state index in [2.05, 4.69) is 0 Å². The first-order chi connectivity index (χ1) is 3.83. The third-order valence-corrected chi connectivity index (χ3v) is 2.93. The normalized spacial score (nSPS) is 8.38. The van der Waals surface area contributed by atoms with E-state index in [0.717, 1.165) is 3.14 Å². The minimum Gasteiger partial charge on any atom is -0.192 e. The molecule has 1 nitrogen and oxygen atoms in total. The molecule has 0 unspecified atom stereocenters. The zero-order valence-electron chi connectivity index (χ0n) is 3.75. The monoisotopic (exact) mass is 159 g/mol. The number of hydrogen-bond acceptors (Lipinski definition) is 4. The van der Waals surface area contributed by atoms with Crippen LogP contribution < -0.4 is 0 Å². The van der Waals surface area contributed by atoms with E-state index < -0.39 is 0 Å². The van der Waals surface area contributed by atoms with Crippen molar-refractivity contribution in [2.75, 3.05) is 0 Å². The van der Waals surface area contributed by atoms with Gasteiger partial charge in [-0.2, -0.15) is 5.26 Å². The maximum absolute atomic E-state index is 8.27. The lowest BCUT2D eigenvalue weighted by molar-refractivity contribution is 1.53. The van der Waals surface area contributed by atoms with E-state index in [0.29, 0.717) is 4.88 Å². The molecule has 0 fully saturated rings. The summed E-state index contributed by atoms with van der Waals surface area (Å²) in [6.07, 6.45) is 0. The van der Waals surface area contributed by atoms with Crippen molar-refractivity contribution in [3.05, 3.63) is 13.4 Å². The molecule has 0 aliphatic rings. The van der Waals surface area contributed by atoms with Crippen molar-refractivity contribution in [3.8, 4) is 6.07 Å². The van der Waals surface area contributed by atoms with Crippen molar-refractivity contribution >= 4 is 34.9 Å². The largest absolute Gasteiger partial charge is 0.192 e. The molecule has 1 heterocycles. The third kappa shape index (κ3) is 1.13. The van der Waals surface area contributed by atoms with Crippen LogP contribution in [0.3, 0.4) is 0 Å². The van der Waals surface area contributed by atoms with Crippen LogP contribution >= 0.6 is 34.9 Å². The smallest absolute Gasteiger partial charge is 0.144 e. The molecule has 40 valence electrons. The van der Waals surface area contributed by atoms with Gasteiger partial charge >= 0.3 is 0 Å². The Balaban J connectivity index is 3.25. The summed E-state index contributed by atoms with van der Waals surface area (Å²) in [5.74, 6) is 0. The Kier molecular flexibility index (Phi) is 1.73. The molecule has 4 heteroatoms. The van der Waals surface area contributed by atoms with Crippen LogP contribution in [0.2, 0.25) is 0 Å². The molecule has 0 spiro atoms. The van der Waals surface area contributed by atoms with Crippen LogP contribution in [0.4, 0.5) is 0 Å². The molecule has 8 heavy (non-hydrogen) atoms. The maximum Gasteiger partial charge on any atom is 0.144 e. The lowest BCUT2D eigenvalue weighted by Gasteiger charge is -1.61. The number of nitriles is 1. The Bertz CT molecular complexity index is 263. The Morgan fingerprint density at radius 1 is 1.75 bits per heavy atom. The minimum atomic E-state index is 0.708. The molecule has 0 N–H and O–H groups in total. The molecular weight excluding hydrogens is 158 g/mol. The van der Waals surface area contributed by atoms with Crippen LogP contribution in [0.1, 0.15) is 4.88 Å². The minimum absolute atomic E-state index is 0.708. The van der Waals surface area contributed by atoms with Crippen LogP contribution in [0.5, 0.6) is 0 Å². The van der Waals surface area contributed by atoms with Crippen molar-refractivity contribution < 1.29 is 0 Å². The van der Waals surface area contributed by atoms with Gasteiger partial charge in [0, 0.05) is 5.38 Å². The first kappa shape index (κ1) is 5.89. The van der Waals surface area contributed by atoms with Crippen LogP contribution in [-0.2, 0) is 0 Å². The van der Waals surface area contributed by atoms with E-state index in [1.807, 2.05) is 6.07 Å². The number of nitrogens with zero attached hydrogens (tertiary/aromatic N) is 1. The molecule has 0 saturated heterocycles. The predicted molar refractivity (Wildman–Crippen MR) is 37.7 cm³/mol. The highest BCUT2D eigenvalue weighted by atomic mass is 32.2. The molecule has 1 aromatic rings. The van der Waals surface area contributed by atoms with Gasteiger partial charge in [-0.05, 0) is 0 Å². The fourth-order valence-corrected chi connectivity index (χ4v) is 2.13. The second kappa shape index (κ2) is 2.35. The van der Waals surface area contributed by atoms with E-state index in [1.165, 1.54) is 22.7 Å². The molecule has 0 bridgehead atoms. The fourth-order valence-electron chi connectivity index (χ4n) is 0.289. The first-order valence-electron chi connectivity index (χ1n) is 1.81. The summed E-state index contributed by atoms with van der Waals surface area (Å²) >= 11 is 7.58. The summed E-state index contributed by atoms with van der Waals surface area (Å²) in [5.41, 5.74) is 0. The molecule has 1 rings (SSSR count). The SMILES string of the molecule is N#Cc1csc(=S)s1. The quantitative estimate of drug-likeness (QED) is 0.543. The molecular formula is C4HNS3. The van der Waals surface area contributed by atoms with Crippen molar-refractivity contribution in [2.45, 2.75) is 0 Å². The number of rotatable bonds is 0. The van der Waals surface area contributed by atoms with Crippen molar-refractivity contribution in [2.24, 2.45) is 0 Å². The Morgan fingerprint density at radius 3 is 2.75 bits per heavy atom. The van der Waals surface area contributed by atoms with Gasteiger partial charge in [0.15, 0.2) is 0 Å². The van der Waals surface area contributed by atoms with Crippen LogP contribution in [0, 0.1) is 14.5 Å². The third-order valence-electron chi connectivity index (χ3n) is 0.566. The second-order valence-corrected chi connectivity index (χ2v) is 4.18. The molecule has 0 atom stereocenters. The average Bonchev–Trinajstić information content (AvgIpc) is 2.14. The Hall–Kier alpha value is -0.240. The molecule has 0 aliphatic carbocycles. The molecule has 1 aromatic heterocycles. The fraction of sp³-hybridized carbons (Fsp3) is 0. The zero-order chi connectivity index (χ0) is 5.98. The number of hydrogen-bond donors (Lipinski definition) is 0. The van der Waals surface area contributed by atoms with Gasteiger partial charge < -0.3 is 0 Å². The lowest BCUT2D eigenvalue weighted by atomic mass is 10.7. The first-order valence-corrected chi connectivity index (χ1v) is 3.92. The summed E-state index contributed by atoms with van der Waals surface area (Å²) in [7, 11) is 0. The molecule has 0 radical (unpaired) electrons. The van der Waals surface area contributed by atoms with Gasteiger partial charge in [-0.3, -0.25) is 0 Å². The molecule has 0 saturated carbocycles. The summed E-state index contributed by atoms with van der Waals surface area (Å²) in [6.45, 7) is 0. The van der Waals surface area contributed by atoms with Crippen LogP contribution in [0.15, 0.2) is 5.38 Å². The van der Waals surface area contributed by atoms with Gasteiger partial charge in [0.2, 0.25) is 0 Å². The average molecular weight is 159 g/mol. The van der Waals surface area contributed by atoms with E-state index in [1.54, 1.807) is 5.38 Å². The Morgan fingerprint density at radius 2 is 2.50 bits per heavy atom. The molecule has 0 aliphatic heterocycles. The van der Waals surface area contributed by atoms with Crippen molar-refractivity contribution in [3.63, 3.8) is 0 Å². The van der Waals surface area contributed by atoms with Gasteiger partial charge in [0.25, 0.3) is 0 Å². The standard InChI is InChI=1S/C4HNS3/c5-1-3-2-7-4(6)8-3/h2H. The summed E-state index contributed by atoms with van der Waals surface area (Å²) in [4.78, 5) is 0.708. The molecule has 0 aromatic carbocycles. The summed E-state index contributed by atoms with van der Waals surface area (Å²) in [6, 6.07) is 2.01. The van der Waals surface area contributed by atoms with Crippen LogP contribution in [-0.4, -0.2) is 0 Å². The summed E-state index contributed by atoms with van der Waals surface area (Å²) in [5, 5.41) is 10.0. The Labute approximate surface area is 59.8 Å². The van der Waals surface area contributed by atoms with Gasteiger partial charge in [-0.1, -0.05) is 12.2 Å². The van der Waals surface area contributed by atoms with Crippen LogP contribution in [0.25, 0.3) is 0 Å². The maximum atomic E-state index is 8.27. The van der Waals surface area contributed by atoms with Gasteiger partial charge in [0.1, 0.15) is 14.1 Å². The van der Waals surface area contributed by atoms with E-state index in [4.69, 9.17) is 17.5 Å². The second-order valence-electron chi connectivity index (χ2n) is 1.06. The predicted octanol–water partition coefficient (Wildman–Crippen LogP) is 2.41.